The van der Waals surface area contributed by atoms with Crippen LogP contribution in [0.15, 0.2) is 37.6 Å². The van der Waals surface area contributed by atoms with Crippen LogP contribution in [0.25, 0.3) is 0 Å². The summed E-state index contributed by atoms with van der Waals surface area (Å²) in [7, 11) is 0. The van der Waals surface area contributed by atoms with Crippen molar-refractivity contribution in [3.05, 3.63) is 37.6 Å². The second-order valence-corrected chi connectivity index (χ2v) is 3.36. The van der Waals surface area contributed by atoms with Crippen LogP contribution in [0.1, 0.15) is 6.42 Å². The first-order valence-corrected chi connectivity index (χ1v) is 5.12. The molecule has 0 aromatic rings. The Morgan fingerprint density at radius 2 is 1.83 bits per heavy atom. The second-order valence-electron chi connectivity index (χ2n) is 3.36. The quantitative estimate of drug-likeness (QED) is 0.572. The predicted molar refractivity (Wildman–Crippen MR) is 64.6 cm³/mol. The molecule has 2 N–H and O–H groups in total. The van der Waals surface area contributed by atoms with Gasteiger partial charge in [0.05, 0.1) is 5.92 Å². The van der Waals surface area contributed by atoms with Crippen LogP contribution in [0, 0.1) is 5.92 Å². The second kappa shape index (κ2) is 7.83. The molecule has 18 heavy (non-hydrogen) atoms. The van der Waals surface area contributed by atoms with Crippen LogP contribution in [0.5, 0.6) is 0 Å². The van der Waals surface area contributed by atoms with E-state index in [0.717, 1.165) is 12.2 Å². The molecule has 1 rings (SSSR count). The van der Waals surface area contributed by atoms with Crippen molar-refractivity contribution in [3.63, 3.8) is 0 Å². The van der Waals surface area contributed by atoms with Crippen LogP contribution in [0.4, 0.5) is 0 Å². The molecule has 1 fully saturated rings. The minimum Gasteiger partial charge on any atom is -0.478 e. The van der Waals surface area contributed by atoms with Gasteiger partial charge in [-0.1, -0.05) is 12.7 Å². The van der Waals surface area contributed by atoms with E-state index in [1.807, 2.05) is 0 Å². The molecule has 0 aliphatic carbocycles. The van der Waals surface area contributed by atoms with E-state index in [0.29, 0.717) is 13.0 Å². The van der Waals surface area contributed by atoms with Crippen molar-refractivity contribution >= 4 is 17.8 Å². The first kappa shape index (κ1) is 15.6. The van der Waals surface area contributed by atoms with E-state index in [1.54, 1.807) is 6.08 Å². The average Bonchev–Trinajstić information content (AvgIpc) is 2.68. The number of aliphatic carboxylic acids is 2. The molecule has 1 saturated heterocycles. The zero-order valence-corrected chi connectivity index (χ0v) is 9.78. The van der Waals surface area contributed by atoms with Crippen LogP contribution in [0.2, 0.25) is 0 Å². The Morgan fingerprint density at radius 1 is 1.28 bits per heavy atom. The number of carbonyl (C=O) groups is 3. The molecule has 0 aromatic heterocycles. The van der Waals surface area contributed by atoms with E-state index in [9.17, 15) is 14.4 Å². The Hall–Kier alpha value is -2.37. The Kier molecular flexibility index (Phi) is 6.80. The summed E-state index contributed by atoms with van der Waals surface area (Å²) in [5.41, 5.74) is 0. The number of rotatable bonds is 4. The van der Waals surface area contributed by atoms with E-state index >= 15 is 0 Å². The van der Waals surface area contributed by atoms with Crippen molar-refractivity contribution < 1.29 is 24.6 Å². The molecule has 1 atom stereocenters. The third kappa shape index (κ3) is 5.64. The van der Waals surface area contributed by atoms with Crippen molar-refractivity contribution in [2.45, 2.75) is 6.42 Å². The summed E-state index contributed by atoms with van der Waals surface area (Å²) in [6, 6.07) is 0. The highest BCUT2D eigenvalue weighted by Gasteiger charge is 2.27. The van der Waals surface area contributed by atoms with Gasteiger partial charge in [0.1, 0.15) is 0 Å². The van der Waals surface area contributed by atoms with Gasteiger partial charge in [-0.15, -0.1) is 6.58 Å². The minimum absolute atomic E-state index is 0.0764. The van der Waals surface area contributed by atoms with Crippen LogP contribution >= 0.6 is 0 Å². The van der Waals surface area contributed by atoms with Crippen LogP contribution in [-0.4, -0.2) is 39.5 Å². The molecule has 1 amide bonds. The Labute approximate surface area is 105 Å². The topological polar surface area (TPSA) is 94.9 Å². The fourth-order valence-electron chi connectivity index (χ4n) is 1.25. The Balaban J connectivity index is 0.000000494. The molecule has 0 saturated carbocycles. The van der Waals surface area contributed by atoms with Crippen molar-refractivity contribution in [2.24, 2.45) is 5.92 Å². The van der Waals surface area contributed by atoms with Gasteiger partial charge in [0.15, 0.2) is 0 Å². The van der Waals surface area contributed by atoms with Gasteiger partial charge in [-0.05, 0) is 6.42 Å². The van der Waals surface area contributed by atoms with Gasteiger partial charge in [0.25, 0.3) is 0 Å². The van der Waals surface area contributed by atoms with E-state index in [4.69, 9.17) is 10.2 Å². The number of hydrogen-bond acceptors (Lipinski definition) is 3. The van der Waals surface area contributed by atoms with E-state index < -0.39 is 11.9 Å². The number of carboxylic acids is 2. The highest BCUT2D eigenvalue weighted by atomic mass is 16.4. The molecule has 6 heteroatoms. The third-order valence-electron chi connectivity index (χ3n) is 2.14. The summed E-state index contributed by atoms with van der Waals surface area (Å²) in [5, 5.41) is 15.9. The highest BCUT2D eigenvalue weighted by molar-refractivity contribution is 5.85. The summed E-state index contributed by atoms with van der Waals surface area (Å²) >= 11 is 0. The number of carboxylic acid groups (broad SMARTS) is 2. The molecule has 0 bridgehead atoms. The largest absolute Gasteiger partial charge is 0.478 e. The lowest BCUT2D eigenvalue weighted by Crippen LogP contribution is -2.21. The average molecular weight is 253 g/mol. The third-order valence-corrected chi connectivity index (χ3v) is 2.14. The number of hydrogen-bond donors (Lipinski definition) is 2. The fraction of sp³-hybridized carbons (Fsp3) is 0.250. The van der Waals surface area contributed by atoms with E-state index in [-0.39, 0.29) is 11.8 Å². The summed E-state index contributed by atoms with van der Waals surface area (Å²) in [4.78, 5) is 32.2. The lowest BCUT2D eigenvalue weighted by molar-refractivity contribution is -0.132. The van der Waals surface area contributed by atoms with Gasteiger partial charge in [0, 0.05) is 24.9 Å². The van der Waals surface area contributed by atoms with Crippen molar-refractivity contribution in [1.29, 1.82) is 0 Å². The number of carbonyl (C=O) groups excluding carboxylic acids is 1. The molecule has 98 valence electrons. The number of likely N-dealkylation sites (tertiary alicyclic amines) is 1. The summed E-state index contributed by atoms with van der Waals surface area (Å²) in [6.45, 7) is 7.06. The molecular weight excluding hydrogens is 238 g/mol. The monoisotopic (exact) mass is 253 g/mol. The van der Waals surface area contributed by atoms with Gasteiger partial charge >= 0.3 is 11.9 Å². The van der Waals surface area contributed by atoms with Crippen molar-refractivity contribution in [1.82, 2.24) is 4.90 Å². The summed E-state index contributed by atoms with van der Waals surface area (Å²) in [5.74, 6) is -2.26. The molecule has 6 nitrogen and oxygen atoms in total. The predicted octanol–water partition coefficient (Wildman–Crippen LogP) is 0.876. The molecule has 1 aliphatic rings. The lowest BCUT2D eigenvalue weighted by Gasteiger charge is -2.08. The molecular formula is C12H15NO5. The minimum atomic E-state index is -1.05. The smallest absolute Gasteiger partial charge is 0.329 e. The Morgan fingerprint density at radius 3 is 2.17 bits per heavy atom. The van der Waals surface area contributed by atoms with Gasteiger partial charge in [-0.3, -0.25) is 4.79 Å². The Bertz CT molecular complexity index is 386. The van der Waals surface area contributed by atoms with Crippen molar-refractivity contribution in [3.8, 4) is 0 Å². The highest BCUT2D eigenvalue weighted by Crippen LogP contribution is 2.18. The van der Waals surface area contributed by atoms with Gasteiger partial charge < -0.3 is 15.1 Å². The maximum absolute atomic E-state index is 11.4. The van der Waals surface area contributed by atoms with E-state index in [1.165, 1.54) is 11.1 Å². The standard InChI is InChI=1S/C9H11NO3.C3H4O2/c1-2-7-3-5-10(9(7)13)6-4-8(11)12;1-2-3(4)5/h2,4,6-7H,1,3,5H2,(H,11,12);2H,1H2,(H,4,5). The van der Waals surface area contributed by atoms with Gasteiger partial charge in [-0.25, -0.2) is 9.59 Å². The van der Waals surface area contributed by atoms with Crippen LogP contribution < -0.4 is 0 Å². The fourth-order valence-corrected chi connectivity index (χ4v) is 1.25. The first-order valence-electron chi connectivity index (χ1n) is 5.12. The van der Waals surface area contributed by atoms with Crippen LogP contribution in [-0.2, 0) is 14.4 Å². The number of amides is 1. The molecule has 0 spiro atoms. The summed E-state index contributed by atoms with van der Waals surface area (Å²) < 4.78 is 0. The summed E-state index contributed by atoms with van der Waals surface area (Å²) in [6.07, 6.45) is 5.40. The molecule has 0 aromatic carbocycles. The maximum Gasteiger partial charge on any atom is 0.329 e. The van der Waals surface area contributed by atoms with Gasteiger partial charge in [0.2, 0.25) is 5.91 Å². The molecule has 1 heterocycles. The number of nitrogens with zero attached hydrogens (tertiary/aromatic N) is 1. The van der Waals surface area contributed by atoms with Crippen molar-refractivity contribution in [2.75, 3.05) is 6.54 Å². The SMILES string of the molecule is C=CC(=O)O.C=CC1CCN(C=CC(=O)O)C1=O. The molecule has 0 radical (unpaired) electrons. The maximum atomic E-state index is 11.4. The first-order chi connectivity index (χ1) is 8.42. The zero-order valence-electron chi connectivity index (χ0n) is 9.78. The molecule has 1 aliphatic heterocycles. The normalized spacial score (nSPS) is 18.1. The van der Waals surface area contributed by atoms with Gasteiger partial charge in [-0.2, -0.15) is 0 Å². The van der Waals surface area contributed by atoms with Crippen LogP contribution in [0.3, 0.4) is 0 Å². The molecule has 1 unspecified atom stereocenters. The lowest BCUT2D eigenvalue weighted by atomic mass is 10.1. The zero-order chi connectivity index (χ0) is 14.1. The van der Waals surface area contributed by atoms with E-state index in [2.05, 4.69) is 13.2 Å².